The largest absolute Gasteiger partial charge is 0.368 e. The Hall–Kier alpha value is -2.14. The molecule has 1 aromatic carbocycles. The number of aryl methyl sites for hydroxylation is 2. The van der Waals surface area contributed by atoms with Gasteiger partial charge < -0.3 is 11.5 Å². The molecule has 0 aliphatic heterocycles. The maximum atomic E-state index is 11.7. The quantitative estimate of drug-likeness (QED) is 0.836. The minimum absolute atomic E-state index is 0.412. The molecule has 0 aliphatic carbocycles. The summed E-state index contributed by atoms with van der Waals surface area (Å²) in [5, 5.41) is 4.18. The van der Waals surface area contributed by atoms with Gasteiger partial charge in [0.2, 0.25) is 5.91 Å². The lowest BCUT2D eigenvalue weighted by molar-refractivity contribution is -0.123. The fourth-order valence-corrected chi connectivity index (χ4v) is 2.06. The fourth-order valence-electron chi connectivity index (χ4n) is 2.06. The van der Waals surface area contributed by atoms with Crippen LogP contribution in [0.15, 0.2) is 42.6 Å². The van der Waals surface area contributed by atoms with Crippen LogP contribution in [0.25, 0.3) is 0 Å². The summed E-state index contributed by atoms with van der Waals surface area (Å²) in [6.07, 6.45) is 2.13. The third-order valence-electron chi connectivity index (χ3n) is 3.38. The van der Waals surface area contributed by atoms with E-state index in [0.717, 1.165) is 11.3 Å². The van der Waals surface area contributed by atoms with E-state index in [1.54, 1.807) is 6.20 Å². The van der Waals surface area contributed by atoms with Gasteiger partial charge in [0, 0.05) is 18.4 Å². The van der Waals surface area contributed by atoms with Crippen LogP contribution in [-0.2, 0) is 16.9 Å². The van der Waals surface area contributed by atoms with Crippen molar-refractivity contribution in [2.75, 3.05) is 0 Å². The Kier molecular flexibility index (Phi) is 3.66. The van der Waals surface area contributed by atoms with E-state index in [0.29, 0.717) is 13.0 Å². The highest BCUT2D eigenvalue weighted by molar-refractivity contribution is 5.85. The number of primary amides is 1. The van der Waals surface area contributed by atoms with Crippen molar-refractivity contribution in [3.8, 4) is 0 Å². The molecule has 4 N–H and O–H groups in total. The van der Waals surface area contributed by atoms with Gasteiger partial charge in [0.25, 0.3) is 0 Å². The smallest absolute Gasteiger partial charge is 0.242 e. The van der Waals surface area contributed by atoms with Crippen molar-refractivity contribution in [3.05, 3.63) is 53.9 Å². The molecule has 5 nitrogen and oxygen atoms in total. The summed E-state index contributed by atoms with van der Waals surface area (Å²) >= 11 is 0. The van der Waals surface area contributed by atoms with Crippen LogP contribution in [0.5, 0.6) is 0 Å². The summed E-state index contributed by atoms with van der Waals surface area (Å²) in [5.74, 6) is -0.525. The zero-order chi connectivity index (χ0) is 13.9. The molecule has 1 aromatic heterocycles. The number of carbonyl (C=O) groups excluding carboxylic acids is 1. The Labute approximate surface area is 112 Å². The zero-order valence-electron chi connectivity index (χ0n) is 10.9. The molecule has 5 heteroatoms. The first-order valence-corrected chi connectivity index (χ1v) is 6.17. The number of aromatic nitrogens is 2. The molecule has 2 rings (SSSR count). The van der Waals surface area contributed by atoms with Gasteiger partial charge in [-0.05, 0) is 25.0 Å². The van der Waals surface area contributed by atoms with Gasteiger partial charge in [-0.15, -0.1) is 0 Å². The first kappa shape index (κ1) is 13.3. The van der Waals surface area contributed by atoms with Crippen LogP contribution < -0.4 is 11.5 Å². The molecule has 0 bridgehead atoms. The Morgan fingerprint density at radius 1 is 1.32 bits per heavy atom. The van der Waals surface area contributed by atoms with Gasteiger partial charge in [-0.25, -0.2) is 0 Å². The second-order valence-corrected chi connectivity index (χ2v) is 4.65. The van der Waals surface area contributed by atoms with Gasteiger partial charge >= 0.3 is 0 Å². The average molecular weight is 258 g/mol. The second kappa shape index (κ2) is 5.24. The predicted octanol–water partition coefficient (Wildman–Crippen LogP) is 0.921. The van der Waals surface area contributed by atoms with E-state index in [2.05, 4.69) is 5.10 Å². The average Bonchev–Trinajstić information content (AvgIpc) is 2.82. The van der Waals surface area contributed by atoms with Crippen LogP contribution in [0.4, 0.5) is 0 Å². The lowest BCUT2D eigenvalue weighted by Crippen LogP contribution is -2.49. The summed E-state index contributed by atoms with van der Waals surface area (Å²) in [6, 6.07) is 11.1. The minimum atomic E-state index is -1.17. The van der Waals surface area contributed by atoms with Crippen LogP contribution >= 0.6 is 0 Å². The number of hydrogen-bond acceptors (Lipinski definition) is 3. The zero-order valence-corrected chi connectivity index (χ0v) is 10.9. The van der Waals surface area contributed by atoms with Crippen molar-refractivity contribution in [1.82, 2.24) is 9.78 Å². The predicted molar refractivity (Wildman–Crippen MR) is 73.1 cm³/mol. The monoisotopic (exact) mass is 258 g/mol. The van der Waals surface area contributed by atoms with E-state index in [-0.39, 0.29) is 0 Å². The van der Waals surface area contributed by atoms with E-state index in [1.165, 1.54) is 0 Å². The number of nitrogens with two attached hydrogens (primary N) is 2. The van der Waals surface area contributed by atoms with Crippen molar-refractivity contribution in [1.29, 1.82) is 0 Å². The van der Waals surface area contributed by atoms with Crippen LogP contribution in [0, 0.1) is 6.92 Å². The SMILES string of the molecule is Cc1ccnn1CCC(N)(C(N)=O)c1ccccc1. The van der Waals surface area contributed by atoms with E-state index < -0.39 is 11.4 Å². The van der Waals surface area contributed by atoms with Crippen LogP contribution in [0.2, 0.25) is 0 Å². The standard InChI is InChI=1S/C14H18N4O/c1-11-7-9-17-18(11)10-8-14(16,13(15)19)12-5-3-2-4-6-12/h2-7,9H,8,10,16H2,1H3,(H2,15,19). The third-order valence-corrected chi connectivity index (χ3v) is 3.38. The third kappa shape index (κ3) is 2.66. The summed E-state index contributed by atoms with van der Waals surface area (Å²) in [4.78, 5) is 11.7. The highest BCUT2D eigenvalue weighted by Gasteiger charge is 2.33. The molecule has 0 radical (unpaired) electrons. The van der Waals surface area contributed by atoms with Crippen molar-refractivity contribution in [2.24, 2.45) is 11.5 Å². The normalized spacial score (nSPS) is 14.0. The Morgan fingerprint density at radius 2 is 2.00 bits per heavy atom. The summed E-state index contributed by atoms with van der Waals surface area (Å²) in [5.41, 5.74) is 12.3. The first-order valence-electron chi connectivity index (χ1n) is 6.17. The lowest BCUT2D eigenvalue weighted by atomic mass is 9.87. The molecule has 1 atom stereocenters. The minimum Gasteiger partial charge on any atom is -0.368 e. The van der Waals surface area contributed by atoms with Crippen molar-refractivity contribution < 1.29 is 4.79 Å². The molecule has 2 aromatic rings. The van der Waals surface area contributed by atoms with Gasteiger partial charge in [-0.3, -0.25) is 9.48 Å². The van der Waals surface area contributed by atoms with Gasteiger partial charge in [0.15, 0.2) is 0 Å². The molecular weight excluding hydrogens is 240 g/mol. The van der Waals surface area contributed by atoms with Crippen molar-refractivity contribution in [3.63, 3.8) is 0 Å². The second-order valence-electron chi connectivity index (χ2n) is 4.65. The summed E-state index contributed by atoms with van der Waals surface area (Å²) < 4.78 is 1.81. The maximum Gasteiger partial charge on any atom is 0.242 e. The molecule has 0 fully saturated rings. The molecule has 0 spiro atoms. The molecular formula is C14H18N4O. The topological polar surface area (TPSA) is 86.9 Å². The number of hydrogen-bond donors (Lipinski definition) is 2. The molecule has 0 saturated carbocycles. The summed E-state index contributed by atoms with van der Waals surface area (Å²) in [6.45, 7) is 2.51. The lowest BCUT2D eigenvalue weighted by Gasteiger charge is -2.26. The van der Waals surface area contributed by atoms with Crippen LogP contribution in [0.3, 0.4) is 0 Å². The van der Waals surface area contributed by atoms with Crippen molar-refractivity contribution >= 4 is 5.91 Å². The number of carbonyl (C=O) groups is 1. The van der Waals surface area contributed by atoms with E-state index in [9.17, 15) is 4.79 Å². The molecule has 0 aliphatic rings. The highest BCUT2D eigenvalue weighted by atomic mass is 16.1. The van der Waals surface area contributed by atoms with E-state index >= 15 is 0 Å². The van der Waals surface area contributed by atoms with Gasteiger partial charge in [-0.1, -0.05) is 30.3 Å². The molecule has 0 saturated heterocycles. The Balaban J connectivity index is 2.22. The summed E-state index contributed by atoms with van der Waals surface area (Å²) in [7, 11) is 0. The molecule has 1 unspecified atom stereocenters. The number of nitrogens with zero attached hydrogens (tertiary/aromatic N) is 2. The van der Waals surface area contributed by atoms with Crippen molar-refractivity contribution in [2.45, 2.75) is 25.4 Å². The highest BCUT2D eigenvalue weighted by Crippen LogP contribution is 2.22. The molecule has 1 heterocycles. The molecule has 1 amide bonds. The maximum absolute atomic E-state index is 11.7. The first-order chi connectivity index (χ1) is 9.04. The Morgan fingerprint density at radius 3 is 2.53 bits per heavy atom. The number of rotatable bonds is 5. The molecule has 100 valence electrons. The van der Waals surface area contributed by atoms with Crippen LogP contribution in [0.1, 0.15) is 17.7 Å². The Bertz CT molecular complexity index is 564. The number of benzene rings is 1. The van der Waals surface area contributed by atoms with E-state index in [4.69, 9.17) is 11.5 Å². The van der Waals surface area contributed by atoms with Gasteiger partial charge in [0.1, 0.15) is 5.54 Å². The molecule has 19 heavy (non-hydrogen) atoms. The van der Waals surface area contributed by atoms with Gasteiger partial charge in [0.05, 0.1) is 0 Å². The fraction of sp³-hybridized carbons (Fsp3) is 0.286. The van der Waals surface area contributed by atoms with Crippen LogP contribution in [-0.4, -0.2) is 15.7 Å². The van der Waals surface area contributed by atoms with E-state index in [1.807, 2.05) is 48.0 Å². The number of amides is 1. The van der Waals surface area contributed by atoms with Gasteiger partial charge in [-0.2, -0.15) is 5.10 Å².